The van der Waals surface area contributed by atoms with Crippen LogP contribution in [-0.4, -0.2) is 39.3 Å². The third-order valence-corrected chi connectivity index (χ3v) is 4.41. The first-order valence-electron chi connectivity index (χ1n) is 6.00. The number of hydrogen-bond acceptors (Lipinski definition) is 4. The number of sulfonamides is 1. The fraction of sp³-hybridized carbons (Fsp3) is 1.00. The van der Waals surface area contributed by atoms with Crippen molar-refractivity contribution in [1.82, 2.24) is 10.0 Å². The molecule has 0 aromatic rings. The van der Waals surface area contributed by atoms with E-state index in [1.807, 2.05) is 0 Å². The van der Waals surface area contributed by atoms with E-state index in [2.05, 4.69) is 10.0 Å². The van der Waals surface area contributed by atoms with Crippen LogP contribution in [0, 0.1) is 0 Å². The third kappa shape index (κ3) is 5.25. The van der Waals surface area contributed by atoms with Crippen molar-refractivity contribution < 1.29 is 8.42 Å². The van der Waals surface area contributed by atoms with Gasteiger partial charge in [0.2, 0.25) is 10.0 Å². The minimum atomic E-state index is -3.08. The lowest BCUT2D eigenvalue weighted by molar-refractivity contribution is 0.348. The second-order valence-electron chi connectivity index (χ2n) is 4.38. The van der Waals surface area contributed by atoms with E-state index in [9.17, 15) is 8.42 Å². The Morgan fingerprint density at radius 3 is 2.44 bits per heavy atom. The maximum absolute atomic E-state index is 11.4. The molecule has 0 aromatic heterocycles. The fourth-order valence-corrected chi connectivity index (χ4v) is 2.98. The van der Waals surface area contributed by atoms with E-state index in [-0.39, 0.29) is 5.75 Å². The zero-order valence-corrected chi connectivity index (χ0v) is 10.7. The molecule has 0 spiro atoms. The van der Waals surface area contributed by atoms with Gasteiger partial charge in [-0.2, -0.15) is 0 Å². The second-order valence-corrected chi connectivity index (χ2v) is 6.31. The number of hydrogen-bond donors (Lipinski definition) is 3. The van der Waals surface area contributed by atoms with E-state index in [0.29, 0.717) is 25.2 Å². The van der Waals surface area contributed by atoms with Gasteiger partial charge in [-0.3, -0.25) is 0 Å². The quantitative estimate of drug-likeness (QED) is 0.608. The largest absolute Gasteiger partial charge is 0.328 e. The Balaban J connectivity index is 2.16. The fourth-order valence-electron chi connectivity index (χ4n) is 2.01. The van der Waals surface area contributed by atoms with Gasteiger partial charge in [0, 0.05) is 25.2 Å². The summed E-state index contributed by atoms with van der Waals surface area (Å²) in [5.74, 6) is 0.156. The van der Waals surface area contributed by atoms with Crippen LogP contribution in [0.25, 0.3) is 0 Å². The van der Waals surface area contributed by atoms with Crippen LogP contribution in [0.15, 0.2) is 0 Å². The summed E-state index contributed by atoms with van der Waals surface area (Å²) in [5, 5.41) is 3.28. The highest BCUT2D eigenvalue weighted by atomic mass is 32.2. The van der Waals surface area contributed by atoms with Crippen LogP contribution < -0.4 is 15.8 Å². The van der Waals surface area contributed by atoms with Crippen molar-refractivity contribution >= 4 is 10.0 Å². The molecule has 0 atom stereocenters. The Hall–Kier alpha value is -0.170. The van der Waals surface area contributed by atoms with Gasteiger partial charge in [0.05, 0.1) is 5.75 Å². The van der Waals surface area contributed by atoms with Gasteiger partial charge in [0.25, 0.3) is 0 Å². The van der Waals surface area contributed by atoms with Crippen molar-refractivity contribution in [2.24, 2.45) is 5.73 Å². The van der Waals surface area contributed by atoms with Crippen LogP contribution in [0.5, 0.6) is 0 Å². The molecule has 1 aliphatic carbocycles. The van der Waals surface area contributed by atoms with Crippen molar-refractivity contribution in [3.63, 3.8) is 0 Å². The highest BCUT2D eigenvalue weighted by Gasteiger charge is 2.18. The average Bonchev–Trinajstić information content (AvgIpc) is 2.20. The second kappa shape index (κ2) is 6.54. The standard InChI is InChI=1S/C10H23N3O2S/c1-2-13-16(14,15)8-7-12-10-5-3-9(11)4-6-10/h9-10,12-13H,2-8,11H2,1H3. The Morgan fingerprint density at radius 1 is 1.25 bits per heavy atom. The molecule has 1 saturated carbocycles. The van der Waals surface area contributed by atoms with Gasteiger partial charge in [-0.25, -0.2) is 13.1 Å². The van der Waals surface area contributed by atoms with Gasteiger partial charge in [0.1, 0.15) is 0 Å². The molecule has 0 aliphatic heterocycles. The summed E-state index contributed by atoms with van der Waals surface area (Å²) in [7, 11) is -3.08. The molecule has 5 nitrogen and oxygen atoms in total. The summed E-state index contributed by atoms with van der Waals surface area (Å²) in [4.78, 5) is 0. The minimum absolute atomic E-state index is 0.156. The summed E-state index contributed by atoms with van der Waals surface area (Å²) in [6.45, 7) is 2.77. The molecular weight excluding hydrogens is 226 g/mol. The number of nitrogens with two attached hydrogens (primary N) is 1. The van der Waals surface area contributed by atoms with Gasteiger partial charge in [-0.15, -0.1) is 0 Å². The smallest absolute Gasteiger partial charge is 0.212 e. The molecule has 4 N–H and O–H groups in total. The molecule has 0 amide bonds. The molecular formula is C10H23N3O2S. The first kappa shape index (κ1) is 13.9. The molecule has 6 heteroatoms. The monoisotopic (exact) mass is 249 g/mol. The van der Waals surface area contributed by atoms with Crippen molar-refractivity contribution in [2.45, 2.75) is 44.7 Å². The molecule has 0 aromatic carbocycles. The Morgan fingerprint density at radius 2 is 1.88 bits per heavy atom. The lowest BCUT2D eigenvalue weighted by Crippen LogP contribution is -2.40. The Kier molecular flexibility index (Phi) is 5.68. The van der Waals surface area contributed by atoms with E-state index in [0.717, 1.165) is 25.7 Å². The van der Waals surface area contributed by atoms with Crippen LogP contribution in [0.2, 0.25) is 0 Å². The summed E-state index contributed by atoms with van der Waals surface area (Å²) < 4.78 is 25.2. The predicted octanol–water partition coefficient (Wildman–Crippen LogP) is -0.215. The lowest BCUT2D eigenvalue weighted by atomic mass is 9.92. The zero-order valence-electron chi connectivity index (χ0n) is 9.91. The van der Waals surface area contributed by atoms with E-state index < -0.39 is 10.0 Å². The molecule has 1 aliphatic rings. The topological polar surface area (TPSA) is 84.2 Å². The maximum atomic E-state index is 11.4. The summed E-state index contributed by atoms with van der Waals surface area (Å²) in [5.41, 5.74) is 5.80. The predicted molar refractivity (Wildman–Crippen MR) is 65.7 cm³/mol. The van der Waals surface area contributed by atoms with Crippen LogP contribution in [0.3, 0.4) is 0 Å². The first-order chi connectivity index (χ1) is 7.53. The van der Waals surface area contributed by atoms with Gasteiger partial charge in [0.15, 0.2) is 0 Å². The molecule has 1 fully saturated rings. The maximum Gasteiger partial charge on any atom is 0.212 e. The molecule has 0 saturated heterocycles. The molecule has 16 heavy (non-hydrogen) atoms. The summed E-state index contributed by atoms with van der Waals surface area (Å²) in [6.07, 6.45) is 4.19. The van der Waals surface area contributed by atoms with Crippen LogP contribution in [-0.2, 0) is 10.0 Å². The summed E-state index contributed by atoms with van der Waals surface area (Å²) in [6, 6.07) is 0.778. The van der Waals surface area contributed by atoms with Crippen LogP contribution in [0.1, 0.15) is 32.6 Å². The number of rotatable bonds is 6. The number of nitrogens with one attached hydrogen (secondary N) is 2. The van der Waals surface area contributed by atoms with Crippen molar-refractivity contribution in [3.05, 3.63) is 0 Å². The van der Waals surface area contributed by atoms with Crippen molar-refractivity contribution in [3.8, 4) is 0 Å². The van der Waals surface area contributed by atoms with Gasteiger partial charge in [-0.1, -0.05) is 6.92 Å². The van der Waals surface area contributed by atoms with Crippen molar-refractivity contribution in [1.29, 1.82) is 0 Å². The first-order valence-corrected chi connectivity index (χ1v) is 7.65. The van der Waals surface area contributed by atoms with Crippen LogP contribution in [0.4, 0.5) is 0 Å². The van der Waals surface area contributed by atoms with Crippen molar-refractivity contribution in [2.75, 3.05) is 18.8 Å². The van der Waals surface area contributed by atoms with Gasteiger partial charge < -0.3 is 11.1 Å². The SMILES string of the molecule is CCNS(=O)(=O)CCNC1CCC(N)CC1. The molecule has 0 unspecified atom stereocenters. The Bertz CT molecular complexity index is 284. The van der Waals surface area contributed by atoms with Gasteiger partial charge in [-0.05, 0) is 25.7 Å². The lowest BCUT2D eigenvalue weighted by Gasteiger charge is -2.26. The Labute approximate surface area is 98.2 Å². The third-order valence-electron chi connectivity index (χ3n) is 2.94. The van der Waals surface area contributed by atoms with E-state index in [1.54, 1.807) is 6.92 Å². The molecule has 0 heterocycles. The normalized spacial score (nSPS) is 26.9. The van der Waals surface area contributed by atoms with E-state index in [4.69, 9.17) is 5.73 Å². The average molecular weight is 249 g/mol. The molecule has 96 valence electrons. The molecule has 0 radical (unpaired) electrons. The molecule has 0 bridgehead atoms. The van der Waals surface area contributed by atoms with E-state index >= 15 is 0 Å². The van der Waals surface area contributed by atoms with Crippen LogP contribution >= 0.6 is 0 Å². The highest BCUT2D eigenvalue weighted by molar-refractivity contribution is 7.89. The van der Waals surface area contributed by atoms with E-state index in [1.165, 1.54) is 0 Å². The minimum Gasteiger partial charge on any atom is -0.328 e. The molecule has 1 rings (SSSR count). The summed E-state index contributed by atoms with van der Waals surface area (Å²) >= 11 is 0. The zero-order chi connectivity index (χ0) is 12.0. The highest BCUT2D eigenvalue weighted by Crippen LogP contribution is 2.16. The van der Waals surface area contributed by atoms with Gasteiger partial charge >= 0.3 is 0 Å².